The van der Waals surface area contributed by atoms with Crippen LogP contribution in [0.15, 0.2) is 26.8 Å². The van der Waals surface area contributed by atoms with Crippen LogP contribution in [0.4, 0.5) is 0 Å². The van der Waals surface area contributed by atoms with Crippen molar-refractivity contribution in [1.29, 1.82) is 0 Å². The van der Waals surface area contributed by atoms with Crippen molar-refractivity contribution in [3.63, 3.8) is 0 Å². The first kappa shape index (κ1) is 18.7. The summed E-state index contributed by atoms with van der Waals surface area (Å²) in [6, 6.07) is 3.47. The van der Waals surface area contributed by atoms with Crippen LogP contribution < -0.4 is 10.1 Å². The molecule has 0 heterocycles. The topological polar surface area (TPSA) is 75.6 Å². The number of carbonyl (C=O) groups excluding carboxylic acids is 1. The summed E-state index contributed by atoms with van der Waals surface area (Å²) >= 11 is 6.82. The van der Waals surface area contributed by atoms with Crippen LogP contribution in [0.25, 0.3) is 6.08 Å². The van der Waals surface area contributed by atoms with Crippen LogP contribution in [-0.2, 0) is 9.59 Å². The maximum Gasteiger partial charge on any atom is 0.352 e. The fourth-order valence-electron chi connectivity index (χ4n) is 1.63. The highest BCUT2D eigenvalue weighted by molar-refractivity contribution is 9.11. The van der Waals surface area contributed by atoms with Crippen molar-refractivity contribution in [2.45, 2.75) is 26.7 Å². The predicted molar refractivity (Wildman–Crippen MR) is 91.7 cm³/mol. The molecule has 0 aliphatic rings. The summed E-state index contributed by atoms with van der Waals surface area (Å²) in [6.07, 6.45) is 3.37. The molecular weight excluding hydrogens is 418 g/mol. The summed E-state index contributed by atoms with van der Waals surface area (Å²) in [5, 5.41) is 11.4. The van der Waals surface area contributed by atoms with Crippen molar-refractivity contribution < 1.29 is 19.4 Å². The van der Waals surface area contributed by atoms with Gasteiger partial charge in [0.2, 0.25) is 5.91 Å². The number of amides is 1. The van der Waals surface area contributed by atoms with Gasteiger partial charge in [0, 0.05) is 6.92 Å². The zero-order chi connectivity index (χ0) is 16.7. The Labute approximate surface area is 146 Å². The Morgan fingerprint density at radius 3 is 2.36 bits per heavy atom. The Balaban J connectivity index is 3.06. The maximum absolute atomic E-state index is 11.1. The Morgan fingerprint density at radius 2 is 1.91 bits per heavy atom. The lowest BCUT2D eigenvalue weighted by atomic mass is 10.2. The normalized spacial score (nSPS) is 11.2. The summed E-state index contributed by atoms with van der Waals surface area (Å²) in [5.74, 6) is -0.973. The smallest absolute Gasteiger partial charge is 0.352 e. The molecule has 0 aromatic heterocycles. The van der Waals surface area contributed by atoms with Gasteiger partial charge in [0.15, 0.2) is 0 Å². The van der Waals surface area contributed by atoms with Crippen molar-refractivity contribution in [3.05, 3.63) is 32.3 Å². The van der Waals surface area contributed by atoms with Gasteiger partial charge in [-0.05, 0) is 62.1 Å². The monoisotopic (exact) mass is 433 g/mol. The van der Waals surface area contributed by atoms with Crippen LogP contribution in [0.2, 0.25) is 0 Å². The predicted octanol–water partition coefficient (Wildman–Crippen LogP) is 3.95. The Morgan fingerprint density at radius 1 is 1.32 bits per heavy atom. The fourth-order valence-corrected chi connectivity index (χ4v) is 3.08. The molecule has 1 aromatic rings. The van der Waals surface area contributed by atoms with Gasteiger partial charge in [0.1, 0.15) is 11.4 Å². The van der Waals surface area contributed by atoms with Crippen LogP contribution in [0.5, 0.6) is 5.75 Å². The Bertz CT molecular complexity index is 576. The maximum atomic E-state index is 11.1. The van der Waals surface area contributed by atoms with E-state index < -0.39 is 11.9 Å². The van der Waals surface area contributed by atoms with E-state index in [0.29, 0.717) is 26.9 Å². The van der Waals surface area contributed by atoms with Crippen molar-refractivity contribution in [2.24, 2.45) is 0 Å². The molecule has 0 saturated carbocycles. The minimum absolute atomic E-state index is 0.189. The summed E-state index contributed by atoms with van der Waals surface area (Å²) in [6.45, 7) is 3.94. The van der Waals surface area contributed by atoms with E-state index in [0.717, 1.165) is 12.8 Å². The summed E-state index contributed by atoms with van der Waals surface area (Å²) in [4.78, 5) is 22.1. The van der Waals surface area contributed by atoms with Crippen LogP contribution in [0.3, 0.4) is 0 Å². The summed E-state index contributed by atoms with van der Waals surface area (Å²) in [5.41, 5.74) is 0.429. The number of carboxylic acids is 1. The van der Waals surface area contributed by atoms with Gasteiger partial charge in [-0.15, -0.1) is 0 Å². The lowest BCUT2D eigenvalue weighted by Crippen LogP contribution is -2.24. The number of benzene rings is 1. The van der Waals surface area contributed by atoms with E-state index in [4.69, 9.17) is 9.84 Å². The van der Waals surface area contributed by atoms with E-state index >= 15 is 0 Å². The molecule has 0 radical (unpaired) electrons. The number of carbonyl (C=O) groups is 2. The van der Waals surface area contributed by atoms with E-state index in [-0.39, 0.29) is 5.70 Å². The van der Waals surface area contributed by atoms with E-state index in [2.05, 4.69) is 44.1 Å². The third-order valence-electron chi connectivity index (χ3n) is 2.62. The molecule has 0 fully saturated rings. The minimum Gasteiger partial charge on any atom is -0.491 e. The van der Waals surface area contributed by atoms with E-state index in [1.165, 1.54) is 13.0 Å². The molecule has 0 unspecified atom stereocenters. The van der Waals surface area contributed by atoms with E-state index in [1.54, 1.807) is 12.1 Å². The van der Waals surface area contributed by atoms with Crippen LogP contribution in [0.1, 0.15) is 32.3 Å². The molecule has 7 heteroatoms. The zero-order valence-electron chi connectivity index (χ0n) is 12.3. The Hall–Kier alpha value is -1.34. The third-order valence-corrected chi connectivity index (χ3v) is 3.80. The number of rotatable bonds is 7. The van der Waals surface area contributed by atoms with Crippen molar-refractivity contribution >= 4 is 49.8 Å². The molecule has 5 nitrogen and oxygen atoms in total. The fraction of sp³-hybridized carbons (Fsp3) is 0.333. The number of carboxylic acid groups (broad SMARTS) is 1. The zero-order valence-corrected chi connectivity index (χ0v) is 15.5. The first-order valence-electron chi connectivity index (χ1n) is 6.69. The van der Waals surface area contributed by atoms with Gasteiger partial charge in [-0.3, -0.25) is 4.79 Å². The molecular formula is C15H17Br2NO4. The van der Waals surface area contributed by atoms with Gasteiger partial charge >= 0.3 is 5.97 Å². The summed E-state index contributed by atoms with van der Waals surface area (Å²) < 4.78 is 7.09. The lowest BCUT2D eigenvalue weighted by molar-refractivity contribution is -0.134. The quantitative estimate of drug-likeness (QED) is 0.503. The number of nitrogens with one attached hydrogen (secondary N) is 1. The average Bonchev–Trinajstić information content (AvgIpc) is 2.40. The Kier molecular flexibility index (Phi) is 7.61. The number of ether oxygens (including phenoxy) is 1. The van der Waals surface area contributed by atoms with Gasteiger partial charge < -0.3 is 15.2 Å². The standard InChI is InChI=1S/C15H17Br2NO4/c1-3-4-5-22-14-11(16)6-10(7-12(14)17)8-13(15(20)21)18-9(2)19/h6-8H,3-5H2,1-2H3,(H,18,19)(H,20,21)/b13-8+. The molecule has 1 aromatic carbocycles. The number of aliphatic carboxylic acids is 1. The highest BCUT2D eigenvalue weighted by Crippen LogP contribution is 2.35. The highest BCUT2D eigenvalue weighted by atomic mass is 79.9. The second-order valence-corrected chi connectivity index (χ2v) is 6.27. The van der Waals surface area contributed by atoms with Crippen LogP contribution >= 0.6 is 31.9 Å². The van der Waals surface area contributed by atoms with Gasteiger partial charge in [-0.1, -0.05) is 13.3 Å². The van der Waals surface area contributed by atoms with Gasteiger partial charge in [-0.25, -0.2) is 4.79 Å². The first-order chi connectivity index (χ1) is 10.3. The SMILES string of the molecule is CCCCOc1c(Br)cc(/C=C(/NC(C)=O)C(=O)O)cc1Br. The van der Waals surface area contributed by atoms with Crippen molar-refractivity contribution in [2.75, 3.05) is 6.61 Å². The largest absolute Gasteiger partial charge is 0.491 e. The average molecular weight is 435 g/mol. The minimum atomic E-state index is -1.20. The second kappa shape index (κ2) is 8.95. The van der Waals surface area contributed by atoms with E-state index in [1.807, 2.05) is 0 Å². The molecule has 0 saturated heterocycles. The molecule has 120 valence electrons. The molecule has 2 N–H and O–H groups in total. The van der Waals surface area contributed by atoms with Gasteiger partial charge in [0.25, 0.3) is 0 Å². The molecule has 1 rings (SSSR count). The van der Waals surface area contributed by atoms with Crippen molar-refractivity contribution in [3.8, 4) is 5.75 Å². The number of halogens is 2. The van der Waals surface area contributed by atoms with Gasteiger partial charge in [-0.2, -0.15) is 0 Å². The molecule has 0 atom stereocenters. The molecule has 22 heavy (non-hydrogen) atoms. The highest BCUT2D eigenvalue weighted by Gasteiger charge is 2.12. The third kappa shape index (κ3) is 5.81. The number of unbranched alkanes of at least 4 members (excludes halogenated alkanes) is 1. The number of hydrogen-bond acceptors (Lipinski definition) is 3. The molecule has 1 amide bonds. The molecule has 0 aliphatic heterocycles. The molecule has 0 aliphatic carbocycles. The first-order valence-corrected chi connectivity index (χ1v) is 8.28. The van der Waals surface area contributed by atoms with Crippen LogP contribution in [0, 0.1) is 0 Å². The molecule has 0 bridgehead atoms. The van der Waals surface area contributed by atoms with Gasteiger partial charge in [0.05, 0.1) is 15.6 Å². The second-order valence-electron chi connectivity index (χ2n) is 4.56. The van der Waals surface area contributed by atoms with Crippen LogP contribution in [-0.4, -0.2) is 23.6 Å². The van der Waals surface area contributed by atoms with E-state index in [9.17, 15) is 9.59 Å². The number of hydrogen-bond donors (Lipinski definition) is 2. The lowest BCUT2D eigenvalue weighted by Gasteiger charge is -2.11. The summed E-state index contributed by atoms with van der Waals surface area (Å²) in [7, 11) is 0. The van der Waals surface area contributed by atoms with Crippen molar-refractivity contribution in [1.82, 2.24) is 5.32 Å². The molecule has 0 spiro atoms.